The lowest BCUT2D eigenvalue weighted by atomic mass is 9.95. The zero-order valence-electron chi connectivity index (χ0n) is 54.7. The summed E-state index contributed by atoms with van der Waals surface area (Å²) in [6.45, 7) is 4.59. The molecule has 10 atom stereocenters. The second kappa shape index (κ2) is 33.6. The van der Waals surface area contributed by atoms with Crippen molar-refractivity contribution in [1.29, 1.82) is 0 Å². The van der Waals surface area contributed by atoms with Crippen LogP contribution < -0.4 is 47.7 Å². The molecule has 2 bridgehead atoms. The Morgan fingerprint density at radius 1 is 0.691 bits per heavy atom. The molecule has 0 radical (unpaired) electrons. The molecule has 2 aromatic heterocycles. The van der Waals surface area contributed by atoms with Crippen LogP contribution in [-0.4, -0.2) is 188 Å². The second-order valence-electron chi connectivity index (χ2n) is 25.2. The number of aliphatic hydroxyl groups is 2. The lowest BCUT2D eigenvalue weighted by Crippen LogP contribution is -2.63. The van der Waals surface area contributed by atoms with Gasteiger partial charge >= 0.3 is 0 Å². The Labute approximate surface area is 569 Å². The largest absolute Gasteiger partial charge is 0.497 e. The predicted octanol–water partition coefficient (Wildman–Crippen LogP) is 3.43. The third kappa shape index (κ3) is 18.8. The number of hydrogen-bond acceptors (Lipinski definition) is 15. The zero-order valence-corrected chi connectivity index (χ0v) is 56.3. The summed E-state index contributed by atoms with van der Waals surface area (Å²) in [7, 11) is 1.50. The topological polar surface area (TPSA) is 352 Å². The van der Waals surface area contributed by atoms with Gasteiger partial charge < -0.3 is 77.7 Å². The van der Waals surface area contributed by atoms with E-state index in [0.29, 0.717) is 99.5 Å². The number of hydrogen-bond donors (Lipinski definition) is 12. The number of ether oxygens (including phenoxy) is 1. The highest BCUT2D eigenvalue weighted by atomic mass is 32.2. The van der Waals surface area contributed by atoms with E-state index in [4.69, 9.17) is 10.5 Å². The molecule has 28 heteroatoms. The number of rotatable bonds is 12. The molecule has 0 spiro atoms. The van der Waals surface area contributed by atoms with Crippen LogP contribution in [-0.2, 0) is 73.9 Å². The summed E-state index contributed by atoms with van der Waals surface area (Å²) in [5, 5.41) is 42.7. The van der Waals surface area contributed by atoms with Gasteiger partial charge in [-0.3, -0.25) is 43.2 Å². The molecule has 5 heterocycles. The normalized spacial score (nSPS) is 25.0. The molecule has 4 aromatic carbocycles. The highest BCUT2D eigenvalue weighted by Gasteiger charge is 2.49. The number of carbonyl (C=O) groups excluding carboxylic acids is 9. The molecule has 9 rings (SSSR count). The fourth-order valence-electron chi connectivity index (χ4n) is 12.6. The molecule has 0 saturated carbocycles. The van der Waals surface area contributed by atoms with Gasteiger partial charge in [-0.2, -0.15) is 23.5 Å². The van der Waals surface area contributed by atoms with Crippen LogP contribution in [0.5, 0.6) is 5.75 Å². The summed E-state index contributed by atoms with van der Waals surface area (Å²) < 4.78 is 35.3. The first-order valence-electron chi connectivity index (χ1n) is 32.7. The molecule has 520 valence electrons. The van der Waals surface area contributed by atoms with Crippen molar-refractivity contribution in [3.63, 3.8) is 0 Å². The van der Waals surface area contributed by atoms with Crippen LogP contribution >= 0.6 is 23.5 Å². The number of aromatic nitrogens is 2. The highest BCUT2D eigenvalue weighted by Crippen LogP contribution is 2.32. The Morgan fingerprint density at radius 2 is 1.30 bits per heavy atom. The maximum atomic E-state index is 15.4. The maximum Gasteiger partial charge on any atom is 0.246 e. The molecule has 2 saturated heterocycles. The third-order valence-corrected chi connectivity index (χ3v) is 20.0. The first-order valence-corrected chi connectivity index (χ1v) is 35.0. The van der Waals surface area contributed by atoms with Crippen molar-refractivity contribution >= 4 is 98.5 Å². The molecular formula is C69H86F2N12O12S2. The van der Waals surface area contributed by atoms with E-state index in [1.165, 1.54) is 86.4 Å². The molecule has 97 heavy (non-hydrogen) atoms. The number of amides is 9. The van der Waals surface area contributed by atoms with Crippen molar-refractivity contribution in [3.8, 4) is 5.75 Å². The number of halogens is 2. The summed E-state index contributed by atoms with van der Waals surface area (Å²) >= 11 is 3.14. The molecule has 24 nitrogen and oxygen atoms in total. The number of unbranched alkanes of at least 4 members (excludes halogenated alkanes) is 1. The minimum atomic E-state index is -1.78. The molecule has 6 aromatic rings. The predicted molar refractivity (Wildman–Crippen MR) is 364 cm³/mol. The summed E-state index contributed by atoms with van der Waals surface area (Å²) in [4.78, 5) is 140. The first-order chi connectivity index (χ1) is 46.5. The Hall–Kier alpha value is -8.57. The summed E-state index contributed by atoms with van der Waals surface area (Å²) in [5.41, 5.74) is 8.78. The van der Waals surface area contributed by atoms with Gasteiger partial charge in [0.05, 0.1) is 19.3 Å². The second-order valence-corrected chi connectivity index (χ2v) is 27.4. The number of thioether (sulfide) groups is 2. The van der Waals surface area contributed by atoms with Crippen molar-refractivity contribution < 1.29 is 66.9 Å². The van der Waals surface area contributed by atoms with Crippen LogP contribution in [0, 0.1) is 11.6 Å². The van der Waals surface area contributed by atoms with Crippen LogP contribution in [0.1, 0.15) is 93.5 Å². The van der Waals surface area contributed by atoms with Crippen molar-refractivity contribution in [1.82, 2.24) is 57.0 Å². The number of H-pyrrole nitrogens is 2. The highest BCUT2D eigenvalue weighted by molar-refractivity contribution is 7.98. The molecule has 9 amide bonds. The number of carbonyl (C=O) groups is 9. The van der Waals surface area contributed by atoms with Gasteiger partial charge in [-0.15, -0.1) is 0 Å². The minimum Gasteiger partial charge on any atom is -0.497 e. The van der Waals surface area contributed by atoms with E-state index in [9.17, 15) is 47.8 Å². The van der Waals surface area contributed by atoms with Gasteiger partial charge in [0.25, 0.3) is 0 Å². The summed E-state index contributed by atoms with van der Waals surface area (Å²) in [5.74, 6) is -5.39. The van der Waals surface area contributed by atoms with E-state index < -0.39 is 125 Å². The van der Waals surface area contributed by atoms with Gasteiger partial charge in [-0.1, -0.05) is 36.4 Å². The van der Waals surface area contributed by atoms with E-state index in [1.807, 2.05) is 18.2 Å². The van der Waals surface area contributed by atoms with Gasteiger partial charge in [-0.05, 0) is 136 Å². The van der Waals surface area contributed by atoms with Gasteiger partial charge in [0, 0.05) is 109 Å². The van der Waals surface area contributed by atoms with Crippen LogP contribution in [0.25, 0.3) is 21.8 Å². The van der Waals surface area contributed by atoms with Crippen molar-refractivity contribution in [2.75, 3.05) is 44.8 Å². The fraction of sp³-hybridized carbons (Fsp3) is 0.464. The number of aromatic amines is 2. The third-order valence-electron chi connectivity index (χ3n) is 18.0. The maximum absolute atomic E-state index is 15.4. The molecule has 0 aliphatic carbocycles. The van der Waals surface area contributed by atoms with Crippen molar-refractivity contribution in [3.05, 3.63) is 137 Å². The Morgan fingerprint density at radius 3 is 1.94 bits per heavy atom. The number of fused-ring (bicyclic) bond motifs is 6. The van der Waals surface area contributed by atoms with E-state index in [1.54, 1.807) is 43.0 Å². The number of methoxy groups -OCH3 is 1. The van der Waals surface area contributed by atoms with Gasteiger partial charge in [0.15, 0.2) is 0 Å². The summed E-state index contributed by atoms with van der Waals surface area (Å²) in [6, 6.07) is 12.3. The molecule has 0 unspecified atom stereocenters. The monoisotopic (exact) mass is 1380 g/mol. The average molecular weight is 1380 g/mol. The number of nitrogens with one attached hydrogen (secondary N) is 9. The van der Waals surface area contributed by atoms with E-state index in [0.717, 1.165) is 16.0 Å². The molecular weight excluding hydrogens is 1290 g/mol. The lowest BCUT2D eigenvalue weighted by Gasteiger charge is -2.37. The van der Waals surface area contributed by atoms with E-state index in [2.05, 4.69) is 53.3 Å². The molecule has 2 fully saturated rings. The smallest absolute Gasteiger partial charge is 0.246 e. The average Bonchev–Trinajstić information content (AvgIpc) is 1.50. The number of nitrogens with two attached hydrogens (primary N) is 1. The Balaban J connectivity index is 1.04. The minimum absolute atomic E-state index is 0.0688. The van der Waals surface area contributed by atoms with Gasteiger partial charge in [0.2, 0.25) is 53.2 Å². The van der Waals surface area contributed by atoms with E-state index >= 15 is 14.4 Å². The SMILES string of the molecule is COc1ccc(C[C@@H]2NC(=O)[C@@H]([C@H](C)O)NC(=O)[C@@H]3C[C@@H](O)CN3C(=O)[C@H](Cc3c[nH]c4ccc(F)cc34)NC(=O)[C@H](Cc3c[nH]c4ccc(F)cc34)NC(=O)[C@@H](C)NC(=O)[C@H](CCCCN)NC(=O)CCSCc3cccc(c3)CSCCNC(=O)[C@]3(C)CCCN3C2=O)cc1. The molecule has 3 aliphatic heterocycles. The fourth-order valence-corrected chi connectivity index (χ4v) is 14.3. The molecule has 3 aliphatic rings. The van der Waals surface area contributed by atoms with Crippen LogP contribution in [0.3, 0.4) is 0 Å². The molecule has 13 N–H and O–H groups in total. The number of nitrogens with zero attached hydrogens (tertiary/aromatic N) is 2. The number of benzene rings is 4. The van der Waals surface area contributed by atoms with Crippen molar-refractivity contribution in [2.24, 2.45) is 5.73 Å². The van der Waals surface area contributed by atoms with Crippen LogP contribution in [0.15, 0.2) is 97.3 Å². The van der Waals surface area contributed by atoms with Gasteiger partial charge in [0.1, 0.15) is 65.2 Å². The number of aliphatic hydroxyl groups excluding tert-OH is 2. The standard InChI is InChI=1S/C69H86F2N12O12S2/c1-39-61(87)78-55(29-44-34-74-52-18-14-46(70)31-50(44)52)63(89)79-57(30-45-35-75-53-19-15-47(71)32-51(45)53)66(92)82-36-48(85)33-58(82)64(90)81-60(40(2)84)65(91)80-56(28-41-12-16-49(95-4)17-13-41)67(93)83-24-8-21-69(83,3)68(94)73-23-26-97-38-43-10-7-9-42(27-43)37-96-25-20-59(86)77-54(62(88)76-39)11-5-6-22-72/h7,9-10,12-19,27,31-32,34-35,39-40,48,54-58,60,74-75,84-85H,5-6,8,11,20-26,28-30,33,36-38,72H2,1-4H3,(H,73,94)(H,76,88)(H,77,86)(H,78,87)(H,79,89)(H,80,91)(H,81,90)/t39-,40+,48-,54+,55+,56+,57+,58+,60-,69+/m1/s1. The quantitative estimate of drug-likeness (QED) is 0.0781. The first kappa shape index (κ1) is 72.7. The lowest BCUT2D eigenvalue weighted by molar-refractivity contribution is -0.147. The van der Waals surface area contributed by atoms with Crippen LogP contribution in [0.2, 0.25) is 0 Å². The van der Waals surface area contributed by atoms with Crippen molar-refractivity contribution in [2.45, 2.75) is 157 Å². The van der Waals surface area contributed by atoms with E-state index in [-0.39, 0.29) is 57.5 Å². The Kier molecular flexibility index (Phi) is 25.2. The Bertz CT molecular complexity index is 3820. The summed E-state index contributed by atoms with van der Waals surface area (Å²) in [6.07, 6.45) is 0.906. The van der Waals surface area contributed by atoms with Gasteiger partial charge in [-0.25, -0.2) is 8.78 Å². The van der Waals surface area contributed by atoms with Crippen LogP contribution in [0.4, 0.5) is 8.78 Å². The zero-order chi connectivity index (χ0) is 69.5.